The Morgan fingerprint density at radius 2 is 1.95 bits per heavy atom. The molecule has 0 unspecified atom stereocenters. The Morgan fingerprint density at radius 1 is 1.27 bits per heavy atom. The van der Waals surface area contributed by atoms with Crippen LogP contribution in [-0.4, -0.2) is 44.5 Å². The molecule has 0 saturated heterocycles. The smallest absolute Gasteiger partial charge is 0.233 e. The van der Waals surface area contributed by atoms with Crippen molar-refractivity contribution in [1.82, 2.24) is 19.8 Å². The standard InChI is InChI=1S/C15H25N5OS/c1-10-3-7-12(8-4-10)19(2)13(21)9-22-15-18-17-14(20(15)16)11-5-6-11/h10-12H,3-9,16H2,1-2H3. The molecular weight excluding hydrogens is 298 g/mol. The number of nitrogen functional groups attached to an aromatic ring is 1. The summed E-state index contributed by atoms with van der Waals surface area (Å²) in [6, 6.07) is 0.391. The monoisotopic (exact) mass is 323 g/mol. The number of thioether (sulfide) groups is 1. The van der Waals surface area contributed by atoms with Crippen molar-refractivity contribution >= 4 is 17.7 Å². The van der Waals surface area contributed by atoms with Crippen molar-refractivity contribution in [2.75, 3.05) is 18.6 Å². The van der Waals surface area contributed by atoms with E-state index in [1.165, 1.54) is 24.6 Å². The van der Waals surface area contributed by atoms with Gasteiger partial charge in [0, 0.05) is 19.0 Å². The first-order valence-corrected chi connectivity index (χ1v) is 9.13. The number of aromatic nitrogens is 3. The lowest BCUT2D eigenvalue weighted by molar-refractivity contribution is -0.129. The van der Waals surface area contributed by atoms with Crippen LogP contribution in [0.1, 0.15) is 57.2 Å². The summed E-state index contributed by atoms with van der Waals surface area (Å²) in [5.41, 5.74) is 0. The number of amides is 1. The number of rotatable bonds is 5. The van der Waals surface area contributed by atoms with Crippen molar-refractivity contribution in [2.24, 2.45) is 5.92 Å². The Bertz CT molecular complexity index is 534. The topological polar surface area (TPSA) is 77.0 Å². The van der Waals surface area contributed by atoms with Crippen LogP contribution < -0.4 is 5.84 Å². The highest BCUT2D eigenvalue weighted by molar-refractivity contribution is 7.99. The van der Waals surface area contributed by atoms with Crippen LogP contribution in [0.2, 0.25) is 0 Å². The molecule has 2 N–H and O–H groups in total. The highest BCUT2D eigenvalue weighted by Gasteiger charge is 2.30. The van der Waals surface area contributed by atoms with E-state index in [1.54, 1.807) is 4.68 Å². The molecule has 1 heterocycles. The van der Waals surface area contributed by atoms with Gasteiger partial charge in [0.2, 0.25) is 11.1 Å². The summed E-state index contributed by atoms with van der Waals surface area (Å²) in [5.74, 6) is 8.66. The van der Waals surface area contributed by atoms with E-state index in [1.807, 2.05) is 11.9 Å². The van der Waals surface area contributed by atoms with Gasteiger partial charge in [-0.25, -0.2) is 4.68 Å². The minimum atomic E-state index is 0.153. The third kappa shape index (κ3) is 3.39. The van der Waals surface area contributed by atoms with Gasteiger partial charge >= 0.3 is 0 Å². The highest BCUT2D eigenvalue weighted by atomic mass is 32.2. The van der Waals surface area contributed by atoms with Crippen LogP contribution in [0.25, 0.3) is 0 Å². The second kappa shape index (κ2) is 6.48. The average Bonchev–Trinajstić information content (AvgIpc) is 3.29. The van der Waals surface area contributed by atoms with E-state index >= 15 is 0 Å². The Hall–Kier alpha value is -1.24. The normalized spacial score (nSPS) is 25.2. The summed E-state index contributed by atoms with van der Waals surface area (Å²) in [4.78, 5) is 14.3. The number of carbonyl (C=O) groups excluding carboxylic acids is 1. The molecule has 0 spiro atoms. The van der Waals surface area contributed by atoms with Gasteiger partial charge in [-0.1, -0.05) is 18.7 Å². The Morgan fingerprint density at radius 3 is 2.59 bits per heavy atom. The van der Waals surface area contributed by atoms with E-state index in [9.17, 15) is 4.79 Å². The van der Waals surface area contributed by atoms with Crippen molar-refractivity contribution in [3.63, 3.8) is 0 Å². The predicted molar refractivity (Wildman–Crippen MR) is 87.1 cm³/mol. The van der Waals surface area contributed by atoms with Gasteiger partial charge in [0.1, 0.15) is 0 Å². The largest absolute Gasteiger partial charge is 0.342 e. The van der Waals surface area contributed by atoms with E-state index in [4.69, 9.17) is 5.84 Å². The van der Waals surface area contributed by atoms with Gasteiger partial charge in [0.25, 0.3) is 0 Å². The predicted octanol–water partition coefficient (Wildman–Crippen LogP) is 2.00. The quantitative estimate of drug-likeness (QED) is 0.662. The molecular formula is C15H25N5OS. The van der Waals surface area contributed by atoms with Crippen LogP contribution >= 0.6 is 11.8 Å². The molecule has 6 nitrogen and oxygen atoms in total. The Balaban J connectivity index is 1.51. The lowest BCUT2D eigenvalue weighted by Gasteiger charge is -2.33. The van der Waals surface area contributed by atoms with Crippen molar-refractivity contribution in [1.29, 1.82) is 0 Å². The maximum atomic E-state index is 12.4. The molecule has 1 aromatic heterocycles. The minimum absolute atomic E-state index is 0.153. The fourth-order valence-corrected chi connectivity index (χ4v) is 3.86. The number of hydrogen-bond donors (Lipinski definition) is 1. The van der Waals surface area contributed by atoms with E-state index in [0.29, 0.717) is 22.9 Å². The van der Waals surface area contributed by atoms with Crippen LogP contribution in [0.5, 0.6) is 0 Å². The SMILES string of the molecule is CC1CCC(N(C)C(=O)CSc2nnc(C3CC3)n2N)CC1. The van der Waals surface area contributed by atoms with Crippen LogP contribution in [0, 0.1) is 5.92 Å². The fraction of sp³-hybridized carbons (Fsp3) is 0.800. The van der Waals surface area contributed by atoms with Crippen molar-refractivity contribution < 1.29 is 4.79 Å². The highest BCUT2D eigenvalue weighted by Crippen LogP contribution is 2.39. The van der Waals surface area contributed by atoms with Gasteiger partial charge < -0.3 is 10.7 Å². The van der Waals surface area contributed by atoms with Crippen LogP contribution in [0.4, 0.5) is 0 Å². The maximum Gasteiger partial charge on any atom is 0.233 e. The molecule has 2 aliphatic rings. The number of carbonyl (C=O) groups is 1. The molecule has 0 radical (unpaired) electrons. The van der Waals surface area contributed by atoms with E-state index in [-0.39, 0.29) is 5.91 Å². The molecule has 0 bridgehead atoms. The van der Waals surface area contributed by atoms with E-state index in [2.05, 4.69) is 17.1 Å². The van der Waals surface area contributed by atoms with Gasteiger partial charge in [0.05, 0.1) is 5.75 Å². The second-order valence-corrected chi connectivity index (χ2v) is 7.63. The van der Waals surface area contributed by atoms with Crippen molar-refractivity contribution in [3.8, 4) is 0 Å². The zero-order valence-electron chi connectivity index (χ0n) is 13.4. The summed E-state index contributed by atoms with van der Waals surface area (Å²) in [5, 5.41) is 8.89. The third-order valence-electron chi connectivity index (χ3n) is 4.88. The lowest BCUT2D eigenvalue weighted by atomic mass is 9.87. The molecule has 7 heteroatoms. The zero-order valence-corrected chi connectivity index (χ0v) is 14.2. The number of nitrogens with zero attached hydrogens (tertiary/aromatic N) is 4. The molecule has 2 fully saturated rings. The minimum Gasteiger partial charge on any atom is -0.342 e. The van der Waals surface area contributed by atoms with Gasteiger partial charge in [-0.3, -0.25) is 4.79 Å². The molecule has 122 valence electrons. The molecule has 0 atom stereocenters. The first-order chi connectivity index (χ1) is 10.6. The van der Waals surface area contributed by atoms with Crippen LogP contribution in [0.15, 0.2) is 5.16 Å². The van der Waals surface area contributed by atoms with Crippen molar-refractivity contribution in [2.45, 2.75) is 62.6 Å². The first kappa shape index (κ1) is 15.6. The molecule has 0 aliphatic heterocycles. The fourth-order valence-electron chi connectivity index (χ4n) is 3.07. The first-order valence-electron chi connectivity index (χ1n) is 8.15. The molecule has 22 heavy (non-hydrogen) atoms. The second-order valence-electron chi connectivity index (χ2n) is 6.69. The lowest BCUT2D eigenvalue weighted by Crippen LogP contribution is -2.40. The maximum absolute atomic E-state index is 12.4. The van der Waals surface area contributed by atoms with Crippen LogP contribution in [-0.2, 0) is 4.79 Å². The zero-order chi connectivity index (χ0) is 15.7. The summed E-state index contributed by atoms with van der Waals surface area (Å²) < 4.78 is 1.55. The van der Waals surface area contributed by atoms with Gasteiger partial charge in [-0.05, 0) is 44.4 Å². The molecule has 2 aliphatic carbocycles. The Kier molecular flexibility index (Phi) is 4.61. The van der Waals surface area contributed by atoms with E-state index in [0.717, 1.165) is 37.4 Å². The average molecular weight is 323 g/mol. The molecule has 1 aromatic rings. The molecule has 1 amide bonds. The summed E-state index contributed by atoms with van der Waals surface area (Å²) >= 11 is 1.39. The molecule has 0 aromatic carbocycles. The molecule has 2 saturated carbocycles. The van der Waals surface area contributed by atoms with Gasteiger partial charge in [-0.2, -0.15) is 0 Å². The summed E-state index contributed by atoms with van der Waals surface area (Å²) in [6.45, 7) is 2.29. The Labute approximate surface area is 135 Å². The third-order valence-corrected chi connectivity index (χ3v) is 5.81. The van der Waals surface area contributed by atoms with Gasteiger partial charge in [0.15, 0.2) is 5.82 Å². The number of hydrogen-bond acceptors (Lipinski definition) is 5. The number of nitrogens with two attached hydrogens (primary N) is 1. The molecule has 3 rings (SSSR count). The van der Waals surface area contributed by atoms with Crippen LogP contribution in [0.3, 0.4) is 0 Å². The van der Waals surface area contributed by atoms with Crippen molar-refractivity contribution in [3.05, 3.63) is 5.82 Å². The summed E-state index contributed by atoms with van der Waals surface area (Å²) in [7, 11) is 1.92. The van der Waals surface area contributed by atoms with Gasteiger partial charge in [-0.15, -0.1) is 10.2 Å². The van der Waals surface area contributed by atoms with E-state index < -0.39 is 0 Å². The summed E-state index contributed by atoms with van der Waals surface area (Å²) in [6.07, 6.45) is 6.96.